The van der Waals surface area contributed by atoms with Crippen molar-refractivity contribution in [2.45, 2.75) is 112 Å². The number of aliphatic carboxylic acids is 1. The van der Waals surface area contributed by atoms with E-state index in [0.717, 1.165) is 38.5 Å². The largest absolute Gasteiger partial charge is 0.481 e. The van der Waals surface area contributed by atoms with Crippen LogP contribution in [0.25, 0.3) is 0 Å². The molecule has 5 aliphatic rings. The molecule has 5 aliphatic carbocycles. The van der Waals surface area contributed by atoms with Gasteiger partial charge >= 0.3 is 5.97 Å². The fourth-order valence-corrected chi connectivity index (χ4v) is 11.5. The van der Waals surface area contributed by atoms with E-state index < -0.39 is 11.4 Å². The summed E-state index contributed by atoms with van der Waals surface area (Å²) in [7, 11) is 0. The summed E-state index contributed by atoms with van der Waals surface area (Å²) in [6, 6.07) is 0. The molecule has 5 rings (SSSR count). The van der Waals surface area contributed by atoms with Crippen LogP contribution in [-0.4, -0.2) is 22.3 Å². The molecule has 2 N–H and O–H groups in total. The number of aliphatic hydroxyl groups excluding tert-OH is 1. The molecule has 33 heavy (non-hydrogen) atoms. The van der Waals surface area contributed by atoms with Crippen LogP contribution in [0.5, 0.6) is 0 Å². The number of carboxylic acids is 1. The maximum atomic E-state index is 12.8. The van der Waals surface area contributed by atoms with Crippen LogP contribution >= 0.6 is 0 Å². The maximum Gasteiger partial charge on any atom is 0.309 e. The van der Waals surface area contributed by atoms with Crippen molar-refractivity contribution in [3.05, 3.63) is 12.2 Å². The van der Waals surface area contributed by atoms with Gasteiger partial charge in [0.25, 0.3) is 0 Å². The quantitative estimate of drug-likeness (QED) is 0.436. The highest BCUT2D eigenvalue weighted by molar-refractivity contribution is 5.76. The van der Waals surface area contributed by atoms with Crippen LogP contribution < -0.4 is 0 Å². The fraction of sp³-hybridized carbons (Fsp3) is 0.900. The Morgan fingerprint density at radius 1 is 0.818 bits per heavy atom. The van der Waals surface area contributed by atoms with Crippen LogP contribution in [-0.2, 0) is 4.79 Å². The predicted octanol–water partition coefficient (Wildman–Crippen LogP) is 7.09. The van der Waals surface area contributed by atoms with E-state index in [2.05, 4.69) is 48.1 Å². The Morgan fingerprint density at radius 2 is 1.52 bits per heavy atom. The van der Waals surface area contributed by atoms with Crippen molar-refractivity contribution in [2.24, 2.45) is 56.7 Å². The Morgan fingerprint density at radius 3 is 2.15 bits per heavy atom. The lowest BCUT2D eigenvalue weighted by molar-refractivity contribution is -0.248. The molecule has 0 aromatic heterocycles. The third-order valence-corrected chi connectivity index (χ3v) is 13.5. The maximum absolute atomic E-state index is 12.8. The summed E-state index contributed by atoms with van der Waals surface area (Å²) in [4.78, 5) is 12.8. The third-order valence-electron chi connectivity index (χ3n) is 13.5. The zero-order valence-corrected chi connectivity index (χ0v) is 22.0. The Hall–Kier alpha value is -0.830. The molecular weight excluding hydrogens is 408 g/mol. The third kappa shape index (κ3) is 2.75. The lowest BCUT2D eigenvalue weighted by atomic mass is 9.32. The van der Waals surface area contributed by atoms with Crippen LogP contribution in [0.1, 0.15) is 106 Å². The van der Waals surface area contributed by atoms with Crippen molar-refractivity contribution < 1.29 is 15.0 Å². The van der Waals surface area contributed by atoms with Gasteiger partial charge in [0.05, 0.1) is 11.5 Å². The number of hydrogen-bond donors (Lipinski definition) is 2. The van der Waals surface area contributed by atoms with E-state index >= 15 is 0 Å². The summed E-state index contributed by atoms with van der Waals surface area (Å²) in [5.74, 6) is 1.79. The van der Waals surface area contributed by atoms with Gasteiger partial charge in [-0.1, -0.05) is 46.8 Å². The zero-order chi connectivity index (χ0) is 24.2. The van der Waals surface area contributed by atoms with Gasteiger partial charge in [-0.2, -0.15) is 0 Å². The topological polar surface area (TPSA) is 57.5 Å². The first-order valence-corrected chi connectivity index (χ1v) is 13.8. The SMILES string of the molecule is C=C(C)[C@@H]1CC[C@]2(C(=O)O)CC[C@@]3(C)[C@@H](CC[C@H]4[C@@]5(C)CC[C@@H](O)C(C)(C)[C@@H]5CC[C@@]43C)[C@@H]12. The second kappa shape index (κ2) is 7.11. The first kappa shape index (κ1) is 23.9. The highest BCUT2D eigenvalue weighted by Gasteiger charge is 2.71. The van der Waals surface area contributed by atoms with Gasteiger partial charge in [0.15, 0.2) is 0 Å². The summed E-state index contributed by atoms with van der Waals surface area (Å²) >= 11 is 0. The van der Waals surface area contributed by atoms with E-state index in [1.54, 1.807) is 0 Å². The van der Waals surface area contributed by atoms with Gasteiger partial charge in [-0.05, 0) is 122 Å². The number of rotatable bonds is 2. The van der Waals surface area contributed by atoms with Crippen molar-refractivity contribution >= 4 is 5.97 Å². The van der Waals surface area contributed by atoms with Crippen LogP contribution in [0.15, 0.2) is 12.2 Å². The lowest BCUT2D eigenvalue weighted by Gasteiger charge is -2.72. The minimum Gasteiger partial charge on any atom is -0.481 e. The molecule has 0 heterocycles. The smallest absolute Gasteiger partial charge is 0.309 e. The van der Waals surface area contributed by atoms with Crippen molar-refractivity contribution in [3.8, 4) is 0 Å². The number of hydrogen-bond acceptors (Lipinski definition) is 2. The van der Waals surface area contributed by atoms with Gasteiger partial charge in [0.1, 0.15) is 0 Å². The second-order valence-electron chi connectivity index (χ2n) is 14.5. The van der Waals surface area contributed by atoms with E-state index in [1.807, 2.05) is 0 Å². The molecule has 0 aliphatic heterocycles. The first-order valence-electron chi connectivity index (χ1n) is 13.8. The number of carbonyl (C=O) groups is 1. The van der Waals surface area contributed by atoms with Gasteiger partial charge in [0.2, 0.25) is 0 Å². The van der Waals surface area contributed by atoms with Crippen LogP contribution in [0.2, 0.25) is 0 Å². The summed E-state index contributed by atoms with van der Waals surface area (Å²) in [5.41, 5.74) is 1.35. The molecule has 10 atom stereocenters. The van der Waals surface area contributed by atoms with Crippen LogP contribution in [0.3, 0.4) is 0 Å². The molecule has 0 aromatic carbocycles. The minimum atomic E-state index is -0.538. The van der Waals surface area contributed by atoms with Gasteiger partial charge in [-0.25, -0.2) is 0 Å². The van der Waals surface area contributed by atoms with E-state index in [9.17, 15) is 15.0 Å². The summed E-state index contributed by atoms with van der Waals surface area (Å²) < 4.78 is 0. The van der Waals surface area contributed by atoms with Crippen molar-refractivity contribution in [1.82, 2.24) is 0 Å². The zero-order valence-electron chi connectivity index (χ0n) is 22.0. The summed E-state index contributed by atoms with van der Waals surface area (Å²) in [6.07, 6.45) is 10.5. The fourth-order valence-electron chi connectivity index (χ4n) is 11.5. The molecule has 0 spiro atoms. The molecule has 0 bridgehead atoms. The number of carboxylic acid groups (broad SMARTS) is 1. The van der Waals surface area contributed by atoms with Crippen molar-refractivity contribution in [3.63, 3.8) is 0 Å². The molecule has 0 amide bonds. The summed E-state index contributed by atoms with van der Waals surface area (Å²) in [6.45, 7) is 18.8. The average Bonchev–Trinajstić information content (AvgIpc) is 3.13. The van der Waals surface area contributed by atoms with Gasteiger partial charge in [-0.3, -0.25) is 4.79 Å². The molecule has 0 unspecified atom stereocenters. The predicted molar refractivity (Wildman–Crippen MR) is 133 cm³/mol. The van der Waals surface area contributed by atoms with Crippen molar-refractivity contribution in [2.75, 3.05) is 0 Å². The van der Waals surface area contributed by atoms with Crippen molar-refractivity contribution in [1.29, 1.82) is 0 Å². The van der Waals surface area contributed by atoms with Crippen LogP contribution in [0.4, 0.5) is 0 Å². The summed E-state index contributed by atoms with van der Waals surface area (Å²) in [5, 5.41) is 21.4. The van der Waals surface area contributed by atoms with E-state index in [4.69, 9.17) is 0 Å². The monoisotopic (exact) mass is 456 g/mol. The first-order chi connectivity index (χ1) is 15.3. The standard InChI is InChI=1S/C30H48O3/c1-18(2)19-10-15-30(25(32)33)17-16-28(6)20(24(19)30)8-9-22-27(5)13-12-23(31)26(3,4)21(27)11-14-29(22,28)7/h19-24,31H,1,8-17H2,2-7H3,(H,32,33)/t19-,20-,21-,22-,23+,24+,27-,28-,29-,30-/m0/s1. The Kier molecular flexibility index (Phi) is 5.15. The number of fused-ring (bicyclic) bond motifs is 7. The normalized spacial score (nSPS) is 55.0. The minimum absolute atomic E-state index is 0.0202. The molecule has 5 fully saturated rings. The molecular formula is C30H48O3. The van der Waals surface area contributed by atoms with Crippen LogP contribution in [0, 0.1) is 56.7 Å². The molecule has 0 aromatic rings. The number of allylic oxidation sites excluding steroid dienone is 1. The molecule has 3 heteroatoms. The molecule has 3 nitrogen and oxygen atoms in total. The van der Waals surface area contributed by atoms with E-state index in [-0.39, 0.29) is 33.7 Å². The Balaban J connectivity index is 1.57. The second-order valence-corrected chi connectivity index (χ2v) is 14.5. The Labute approximate surface area is 201 Å². The molecule has 0 radical (unpaired) electrons. The molecule has 186 valence electrons. The molecule has 5 saturated carbocycles. The molecule has 0 saturated heterocycles. The van der Waals surface area contributed by atoms with Gasteiger partial charge in [-0.15, -0.1) is 0 Å². The van der Waals surface area contributed by atoms with E-state index in [0.29, 0.717) is 23.7 Å². The average molecular weight is 457 g/mol. The van der Waals surface area contributed by atoms with Gasteiger partial charge < -0.3 is 10.2 Å². The number of aliphatic hydroxyl groups is 1. The highest BCUT2D eigenvalue weighted by Crippen LogP contribution is 2.77. The highest BCUT2D eigenvalue weighted by atomic mass is 16.4. The Bertz CT molecular complexity index is 861. The lowest BCUT2D eigenvalue weighted by Crippen LogP contribution is -2.67. The van der Waals surface area contributed by atoms with E-state index in [1.165, 1.54) is 31.3 Å². The van der Waals surface area contributed by atoms with Gasteiger partial charge in [0, 0.05) is 0 Å².